The van der Waals surface area contributed by atoms with Crippen molar-refractivity contribution in [2.75, 3.05) is 17.6 Å². The molecule has 0 aliphatic heterocycles. The molecule has 98 valence electrons. The Balaban J connectivity index is 1.76. The zero-order valence-corrected chi connectivity index (χ0v) is 10.1. The van der Waals surface area contributed by atoms with Crippen molar-refractivity contribution in [1.29, 1.82) is 0 Å². The van der Waals surface area contributed by atoms with E-state index in [1.165, 1.54) is 0 Å². The summed E-state index contributed by atoms with van der Waals surface area (Å²) >= 11 is 0. The molecule has 0 spiro atoms. The second-order valence-corrected chi connectivity index (χ2v) is 4.16. The average molecular weight is 259 g/mol. The highest BCUT2D eigenvalue weighted by Gasteiger charge is 2.06. The van der Waals surface area contributed by atoms with E-state index in [2.05, 4.69) is 20.3 Å². The number of hydrogen-bond donors (Lipinski definition) is 4. The molecule has 0 aliphatic rings. The lowest BCUT2D eigenvalue weighted by atomic mass is 10.2. The van der Waals surface area contributed by atoms with E-state index in [1.54, 1.807) is 24.5 Å². The van der Waals surface area contributed by atoms with E-state index in [0.29, 0.717) is 23.3 Å². The maximum atomic E-state index is 11.1. The van der Waals surface area contributed by atoms with Gasteiger partial charge in [-0.15, -0.1) is 0 Å². The predicted octanol–water partition coefficient (Wildman–Crippen LogP) is 1.08. The number of imidazole rings is 1. The Morgan fingerprint density at radius 3 is 3.11 bits per heavy atom. The molecule has 5 N–H and O–H groups in total. The molecule has 0 saturated carbocycles. The third-order valence-electron chi connectivity index (χ3n) is 2.82. The van der Waals surface area contributed by atoms with Crippen molar-refractivity contribution in [1.82, 2.24) is 15.0 Å². The number of nitrogen functional groups attached to an aromatic ring is 1. The third kappa shape index (κ3) is 2.30. The van der Waals surface area contributed by atoms with Crippen molar-refractivity contribution < 1.29 is 4.42 Å². The SMILES string of the molecule is Nc1cc2oc(=O)[nH]c2cc1NCCc1ncc[nH]1. The summed E-state index contributed by atoms with van der Waals surface area (Å²) in [6.07, 6.45) is 4.25. The number of H-pyrrole nitrogens is 2. The van der Waals surface area contributed by atoms with Gasteiger partial charge in [0.1, 0.15) is 5.82 Å². The summed E-state index contributed by atoms with van der Waals surface area (Å²) in [5, 5.41) is 3.20. The van der Waals surface area contributed by atoms with Gasteiger partial charge in [0.15, 0.2) is 5.58 Å². The molecular weight excluding hydrogens is 246 g/mol. The minimum absolute atomic E-state index is 0.457. The van der Waals surface area contributed by atoms with Crippen LogP contribution in [-0.4, -0.2) is 21.5 Å². The zero-order chi connectivity index (χ0) is 13.2. The summed E-state index contributed by atoms with van der Waals surface area (Å²) in [4.78, 5) is 20.8. The maximum absolute atomic E-state index is 11.1. The van der Waals surface area contributed by atoms with Crippen molar-refractivity contribution in [3.05, 3.63) is 40.9 Å². The minimum atomic E-state index is -0.484. The summed E-state index contributed by atoms with van der Waals surface area (Å²) in [6, 6.07) is 3.39. The van der Waals surface area contributed by atoms with E-state index in [1.807, 2.05) is 0 Å². The molecule has 3 aromatic rings. The van der Waals surface area contributed by atoms with E-state index in [-0.39, 0.29) is 0 Å². The third-order valence-corrected chi connectivity index (χ3v) is 2.82. The van der Waals surface area contributed by atoms with Crippen LogP contribution in [-0.2, 0) is 6.42 Å². The molecule has 0 aliphatic carbocycles. The number of aromatic nitrogens is 3. The van der Waals surface area contributed by atoms with Gasteiger partial charge in [-0.1, -0.05) is 0 Å². The van der Waals surface area contributed by atoms with E-state index in [4.69, 9.17) is 10.2 Å². The van der Waals surface area contributed by atoms with E-state index < -0.39 is 5.76 Å². The summed E-state index contributed by atoms with van der Waals surface area (Å²) in [6.45, 7) is 0.686. The second kappa shape index (κ2) is 4.52. The van der Waals surface area contributed by atoms with Crippen molar-refractivity contribution in [3.63, 3.8) is 0 Å². The number of benzene rings is 1. The zero-order valence-electron chi connectivity index (χ0n) is 10.1. The van der Waals surface area contributed by atoms with Crippen molar-refractivity contribution in [2.24, 2.45) is 0 Å². The Morgan fingerprint density at radius 1 is 1.42 bits per heavy atom. The average Bonchev–Trinajstić information content (AvgIpc) is 2.98. The summed E-state index contributed by atoms with van der Waals surface area (Å²) < 4.78 is 4.93. The molecule has 0 unspecified atom stereocenters. The second-order valence-electron chi connectivity index (χ2n) is 4.16. The molecule has 0 radical (unpaired) electrons. The first kappa shape index (κ1) is 11.4. The number of aromatic amines is 2. The molecule has 2 aromatic heterocycles. The molecule has 1 aromatic carbocycles. The number of nitrogens with zero attached hydrogens (tertiary/aromatic N) is 1. The number of fused-ring (bicyclic) bond motifs is 1. The fourth-order valence-corrected chi connectivity index (χ4v) is 1.92. The topological polar surface area (TPSA) is 113 Å². The van der Waals surface area contributed by atoms with Crippen LogP contribution in [0.2, 0.25) is 0 Å². The molecule has 3 rings (SSSR count). The van der Waals surface area contributed by atoms with Gasteiger partial charge in [-0.25, -0.2) is 9.78 Å². The minimum Gasteiger partial charge on any atom is -0.408 e. The lowest BCUT2D eigenvalue weighted by molar-refractivity contribution is 0.555. The lowest BCUT2D eigenvalue weighted by Gasteiger charge is -2.08. The molecule has 2 heterocycles. The van der Waals surface area contributed by atoms with Gasteiger partial charge < -0.3 is 20.5 Å². The normalized spacial score (nSPS) is 10.9. The van der Waals surface area contributed by atoms with Crippen molar-refractivity contribution >= 4 is 22.5 Å². The summed E-state index contributed by atoms with van der Waals surface area (Å²) in [5.74, 6) is 0.422. The smallest absolute Gasteiger partial charge is 0.408 e. The number of oxazole rings is 1. The number of nitrogens with one attached hydrogen (secondary N) is 3. The fraction of sp³-hybridized carbons (Fsp3) is 0.167. The quantitative estimate of drug-likeness (QED) is 0.524. The Labute approximate surface area is 107 Å². The van der Waals surface area contributed by atoms with Crippen LogP contribution < -0.4 is 16.8 Å². The monoisotopic (exact) mass is 259 g/mol. The van der Waals surface area contributed by atoms with Crippen LogP contribution in [0.3, 0.4) is 0 Å². The molecule has 0 saturated heterocycles. The molecule has 7 heteroatoms. The Morgan fingerprint density at radius 2 is 2.32 bits per heavy atom. The first-order chi connectivity index (χ1) is 9.22. The van der Waals surface area contributed by atoms with Crippen LogP contribution in [0.1, 0.15) is 5.82 Å². The Kier molecular flexibility index (Phi) is 2.71. The van der Waals surface area contributed by atoms with Crippen LogP contribution in [0.15, 0.2) is 33.7 Å². The summed E-state index contributed by atoms with van der Waals surface area (Å²) in [7, 11) is 0. The Hall–Kier alpha value is -2.70. The highest BCUT2D eigenvalue weighted by molar-refractivity contribution is 5.85. The van der Waals surface area contributed by atoms with Gasteiger partial charge in [0.25, 0.3) is 0 Å². The standard InChI is InChI=1S/C12H13N5O2/c13-7-5-10-9(17-12(18)19-10)6-8(7)14-2-1-11-15-3-4-16-11/h3-6,14H,1-2,13H2,(H,15,16)(H,17,18). The van der Waals surface area contributed by atoms with E-state index in [0.717, 1.165) is 17.9 Å². The first-order valence-electron chi connectivity index (χ1n) is 5.87. The molecule has 0 amide bonds. The van der Waals surface area contributed by atoms with Crippen molar-refractivity contribution in [3.8, 4) is 0 Å². The van der Waals surface area contributed by atoms with Gasteiger partial charge in [0.05, 0.1) is 16.9 Å². The Bertz CT molecular complexity index is 741. The highest BCUT2D eigenvalue weighted by Crippen LogP contribution is 2.24. The van der Waals surface area contributed by atoms with E-state index in [9.17, 15) is 4.79 Å². The molecule has 19 heavy (non-hydrogen) atoms. The number of hydrogen-bond acceptors (Lipinski definition) is 5. The fourth-order valence-electron chi connectivity index (χ4n) is 1.92. The van der Waals surface area contributed by atoms with Gasteiger partial charge in [-0.05, 0) is 6.07 Å². The predicted molar refractivity (Wildman–Crippen MR) is 72.0 cm³/mol. The molecule has 0 atom stereocenters. The van der Waals surface area contributed by atoms with Crippen LogP contribution in [0.25, 0.3) is 11.1 Å². The number of nitrogens with two attached hydrogens (primary N) is 1. The van der Waals surface area contributed by atoms with Gasteiger partial charge in [0, 0.05) is 31.4 Å². The van der Waals surface area contributed by atoms with Crippen LogP contribution in [0.5, 0.6) is 0 Å². The highest BCUT2D eigenvalue weighted by atomic mass is 16.4. The lowest BCUT2D eigenvalue weighted by Crippen LogP contribution is -2.07. The van der Waals surface area contributed by atoms with Crippen molar-refractivity contribution in [2.45, 2.75) is 6.42 Å². The van der Waals surface area contributed by atoms with E-state index >= 15 is 0 Å². The molecule has 7 nitrogen and oxygen atoms in total. The van der Waals surface area contributed by atoms with Gasteiger partial charge in [0.2, 0.25) is 0 Å². The summed E-state index contributed by atoms with van der Waals surface area (Å²) in [5.41, 5.74) is 8.27. The first-order valence-corrected chi connectivity index (χ1v) is 5.87. The van der Waals surface area contributed by atoms with Gasteiger partial charge >= 0.3 is 5.76 Å². The molecule has 0 fully saturated rings. The number of rotatable bonds is 4. The van der Waals surface area contributed by atoms with Crippen LogP contribution in [0, 0.1) is 0 Å². The largest absolute Gasteiger partial charge is 0.417 e. The van der Waals surface area contributed by atoms with Gasteiger partial charge in [-0.2, -0.15) is 0 Å². The number of anilines is 2. The van der Waals surface area contributed by atoms with Crippen LogP contribution >= 0.6 is 0 Å². The maximum Gasteiger partial charge on any atom is 0.417 e. The molecular formula is C12H13N5O2. The molecule has 0 bridgehead atoms. The van der Waals surface area contributed by atoms with Crippen LogP contribution in [0.4, 0.5) is 11.4 Å². The van der Waals surface area contributed by atoms with Gasteiger partial charge in [-0.3, -0.25) is 4.98 Å².